The van der Waals surface area contributed by atoms with Gasteiger partial charge >= 0.3 is 0 Å². The van der Waals surface area contributed by atoms with Gasteiger partial charge in [0.2, 0.25) is 17.6 Å². The summed E-state index contributed by atoms with van der Waals surface area (Å²) in [5.41, 5.74) is 10.9. The molecule has 0 bridgehead atoms. The van der Waals surface area contributed by atoms with Crippen LogP contribution in [0.4, 0.5) is 5.95 Å². The van der Waals surface area contributed by atoms with Crippen molar-refractivity contribution in [3.05, 3.63) is 35.4 Å². The number of imidazole rings is 1. The molecule has 1 aromatic carbocycles. The molecule has 8 nitrogen and oxygen atoms in total. The van der Waals surface area contributed by atoms with Gasteiger partial charge in [0.25, 0.3) is 0 Å². The van der Waals surface area contributed by atoms with E-state index in [0.717, 1.165) is 22.3 Å². The number of methoxy groups -OCH3 is 3. The number of nitrogens with one attached hydrogen (secondary N) is 1. The molecule has 8 heteroatoms. The van der Waals surface area contributed by atoms with Gasteiger partial charge in [0.05, 0.1) is 38.8 Å². The molecule has 3 N–H and O–H groups in total. The van der Waals surface area contributed by atoms with Gasteiger partial charge in [-0.25, -0.2) is 9.97 Å². The molecule has 1 amide bonds. The molecule has 30 heavy (non-hydrogen) atoms. The van der Waals surface area contributed by atoms with E-state index in [1.165, 1.54) is 6.92 Å². The minimum atomic E-state index is -0.208. The number of amides is 1. The molecular formula is C22H24N4O4. The number of hydrogen-bond donors (Lipinski definition) is 2. The van der Waals surface area contributed by atoms with Crippen molar-refractivity contribution >= 4 is 11.9 Å². The fraction of sp³-hybridized carbons (Fsp3) is 0.318. The zero-order chi connectivity index (χ0) is 21.4. The molecular weight excluding hydrogens is 384 g/mol. The molecule has 0 saturated carbocycles. The summed E-state index contributed by atoms with van der Waals surface area (Å²) in [5, 5.41) is 3.07. The van der Waals surface area contributed by atoms with Crippen molar-refractivity contribution in [2.45, 2.75) is 25.8 Å². The highest BCUT2D eigenvalue weighted by molar-refractivity contribution is 5.84. The SMILES string of the molecule is COc1cc2c(c(OC)c1OC)-c1ccc3nc(N)nc-3cc1[C@@H](NC(C)=O)CC2. The van der Waals surface area contributed by atoms with Crippen molar-refractivity contribution in [2.24, 2.45) is 0 Å². The van der Waals surface area contributed by atoms with Gasteiger partial charge < -0.3 is 25.3 Å². The van der Waals surface area contributed by atoms with E-state index in [-0.39, 0.29) is 17.9 Å². The van der Waals surface area contributed by atoms with Gasteiger partial charge in [-0.05, 0) is 47.7 Å². The van der Waals surface area contributed by atoms with E-state index in [0.29, 0.717) is 41.5 Å². The Morgan fingerprint density at radius 3 is 2.47 bits per heavy atom. The topological polar surface area (TPSA) is 109 Å². The van der Waals surface area contributed by atoms with Crippen LogP contribution in [0.15, 0.2) is 24.3 Å². The molecule has 3 aliphatic rings. The third-order valence-electron chi connectivity index (χ3n) is 5.38. The van der Waals surface area contributed by atoms with Gasteiger partial charge in [-0.2, -0.15) is 0 Å². The lowest BCUT2D eigenvalue weighted by Gasteiger charge is -2.19. The van der Waals surface area contributed by atoms with Crippen molar-refractivity contribution in [3.8, 4) is 39.8 Å². The van der Waals surface area contributed by atoms with Crippen molar-refractivity contribution in [2.75, 3.05) is 27.1 Å². The zero-order valence-corrected chi connectivity index (χ0v) is 17.4. The fourth-order valence-corrected chi connectivity index (χ4v) is 4.16. The molecule has 1 aromatic rings. The lowest BCUT2D eigenvalue weighted by molar-refractivity contribution is -0.119. The highest BCUT2D eigenvalue weighted by atomic mass is 16.5. The average Bonchev–Trinajstić information content (AvgIpc) is 2.90. The number of nitrogen functional groups attached to an aromatic ring is 1. The number of benzene rings is 1. The van der Waals surface area contributed by atoms with Crippen LogP contribution in [0.5, 0.6) is 17.2 Å². The van der Waals surface area contributed by atoms with Gasteiger partial charge in [-0.15, -0.1) is 0 Å². The second-order valence-electron chi connectivity index (χ2n) is 7.17. The van der Waals surface area contributed by atoms with E-state index in [9.17, 15) is 4.79 Å². The molecule has 1 aliphatic heterocycles. The van der Waals surface area contributed by atoms with Crippen LogP contribution in [-0.4, -0.2) is 37.2 Å². The Morgan fingerprint density at radius 1 is 1.07 bits per heavy atom. The third-order valence-corrected chi connectivity index (χ3v) is 5.38. The van der Waals surface area contributed by atoms with Crippen LogP contribution in [0.25, 0.3) is 22.5 Å². The Labute approximate surface area is 174 Å². The minimum absolute atomic E-state index is 0.102. The Morgan fingerprint density at radius 2 is 1.80 bits per heavy atom. The highest BCUT2D eigenvalue weighted by Gasteiger charge is 2.29. The summed E-state index contributed by atoms with van der Waals surface area (Å²) in [6.07, 6.45) is 1.42. The summed E-state index contributed by atoms with van der Waals surface area (Å²) >= 11 is 0. The number of anilines is 1. The summed E-state index contributed by atoms with van der Waals surface area (Å²) in [7, 11) is 4.79. The second kappa shape index (κ2) is 7.70. The number of aryl methyl sites for hydroxylation is 1. The van der Waals surface area contributed by atoms with Crippen LogP contribution in [0, 0.1) is 0 Å². The standard InChI is InChI=1S/C22H24N4O4/c1-11(27)24-15-7-5-12-9-18(28-2)20(29-3)21(30-4)19(12)13-6-8-16-17(10-14(13)15)26-22(23)25-16/h6,8-10,15H,5,7H2,1-4H3,(H,24,27)(H2,23,25,26)/t15-/m0/s1. The van der Waals surface area contributed by atoms with Crippen LogP contribution in [0.3, 0.4) is 0 Å². The number of rotatable bonds is 4. The molecule has 4 rings (SSSR count). The first kappa shape index (κ1) is 19.8. The second-order valence-corrected chi connectivity index (χ2v) is 7.17. The molecule has 1 atom stereocenters. The van der Waals surface area contributed by atoms with Gasteiger partial charge in [0, 0.05) is 12.5 Å². The Balaban J connectivity index is 2.07. The van der Waals surface area contributed by atoms with Crippen molar-refractivity contribution in [1.29, 1.82) is 0 Å². The summed E-state index contributed by atoms with van der Waals surface area (Å²) < 4.78 is 16.9. The molecule has 156 valence electrons. The molecule has 0 spiro atoms. The quantitative estimate of drug-likeness (QED) is 0.683. The number of fused-ring (bicyclic) bond motifs is 4. The van der Waals surface area contributed by atoms with Crippen LogP contribution in [0.1, 0.15) is 30.5 Å². The number of ether oxygens (including phenoxy) is 3. The lowest BCUT2D eigenvalue weighted by Crippen LogP contribution is -2.26. The number of aromatic nitrogens is 2. The number of carbonyl (C=O) groups is 1. The van der Waals surface area contributed by atoms with E-state index in [1.807, 2.05) is 24.3 Å². The highest BCUT2D eigenvalue weighted by Crippen LogP contribution is 2.50. The van der Waals surface area contributed by atoms with Crippen LogP contribution < -0.4 is 25.3 Å². The van der Waals surface area contributed by atoms with Gasteiger partial charge in [0.1, 0.15) is 0 Å². The van der Waals surface area contributed by atoms with E-state index >= 15 is 0 Å². The summed E-state index contributed by atoms with van der Waals surface area (Å²) in [4.78, 5) is 20.6. The summed E-state index contributed by atoms with van der Waals surface area (Å²) in [6.45, 7) is 1.52. The molecule has 0 saturated heterocycles. The number of nitrogens with zero attached hydrogens (tertiary/aromatic N) is 2. The van der Waals surface area contributed by atoms with Crippen molar-refractivity contribution in [3.63, 3.8) is 0 Å². The molecule has 0 radical (unpaired) electrons. The zero-order valence-electron chi connectivity index (χ0n) is 17.4. The van der Waals surface area contributed by atoms with Crippen LogP contribution >= 0.6 is 0 Å². The van der Waals surface area contributed by atoms with Crippen molar-refractivity contribution < 1.29 is 19.0 Å². The Kier molecular flexibility index (Phi) is 5.07. The Hall–Kier alpha value is -3.55. The lowest BCUT2D eigenvalue weighted by atomic mass is 9.95. The first-order chi connectivity index (χ1) is 14.5. The molecule has 0 fully saturated rings. The smallest absolute Gasteiger partial charge is 0.221 e. The number of carbonyl (C=O) groups excluding carboxylic acids is 1. The van der Waals surface area contributed by atoms with Gasteiger partial charge in [-0.3, -0.25) is 4.79 Å². The predicted octanol–water partition coefficient (Wildman–Crippen LogP) is 2.98. The Bertz CT molecular complexity index is 1100. The summed E-state index contributed by atoms with van der Waals surface area (Å²) in [6, 6.07) is 7.56. The van der Waals surface area contributed by atoms with Gasteiger partial charge in [-0.1, -0.05) is 6.07 Å². The normalized spacial score (nSPS) is 15.0. The van der Waals surface area contributed by atoms with E-state index < -0.39 is 0 Å². The largest absolute Gasteiger partial charge is 0.493 e. The maximum absolute atomic E-state index is 12.0. The van der Waals surface area contributed by atoms with Gasteiger partial charge in [0.15, 0.2) is 11.5 Å². The van der Waals surface area contributed by atoms with Crippen LogP contribution in [-0.2, 0) is 11.2 Å². The predicted molar refractivity (Wildman–Crippen MR) is 113 cm³/mol. The molecule has 2 aliphatic carbocycles. The molecule has 0 aromatic heterocycles. The third kappa shape index (κ3) is 3.24. The van der Waals surface area contributed by atoms with E-state index in [4.69, 9.17) is 19.9 Å². The number of hydrogen-bond acceptors (Lipinski definition) is 7. The van der Waals surface area contributed by atoms with E-state index in [2.05, 4.69) is 15.3 Å². The fourth-order valence-electron chi connectivity index (χ4n) is 4.16. The monoisotopic (exact) mass is 408 g/mol. The van der Waals surface area contributed by atoms with Crippen LogP contribution in [0.2, 0.25) is 0 Å². The average molecular weight is 408 g/mol. The summed E-state index contributed by atoms with van der Waals surface area (Å²) in [5.74, 6) is 1.83. The first-order valence-electron chi connectivity index (χ1n) is 9.63. The maximum Gasteiger partial charge on any atom is 0.221 e. The minimum Gasteiger partial charge on any atom is -0.493 e. The first-order valence-corrected chi connectivity index (χ1v) is 9.63. The number of nitrogens with two attached hydrogens (primary N) is 1. The molecule has 1 heterocycles. The molecule has 0 unspecified atom stereocenters. The van der Waals surface area contributed by atoms with Crippen molar-refractivity contribution in [1.82, 2.24) is 15.3 Å². The van der Waals surface area contributed by atoms with E-state index in [1.54, 1.807) is 21.3 Å². The maximum atomic E-state index is 12.0.